The molecule has 9 heteroatoms. The van der Waals surface area contributed by atoms with Gasteiger partial charge >= 0.3 is 12.1 Å². The number of carbonyl (C=O) groups excluding carboxylic acids is 2. The number of allylic oxidation sites excluding steroid dienone is 1. The lowest BCUT2D eigenvalue weighted by Gasteiger charge is -2.52. The zero-order valence-electron chi connectivity index (χ0n) is 15.8. The van der Waals surface area contributed by atoms with E-state index in [9.17, 15) is 29.4 Å². The lowest BCUT2D eigenvalue weighted by Crippen LogP contribution is -2.73. The van der Waals surface area contributed by atoms with Gasteiger partial charge in [0.2, 0.25) is 5.91 Å². The molecule has 2 N–H and O–H groups in total. The fraction of sp³-hybridized carbons (Fsp3) is 0.579. The summed E-state index contributed by atoms with van der Waals surface area (Å²) in [7, 11) is 0. The quantitative estimate of drug-likeness (QED) is 0.541. The summed E-state index contributed by atoms with van der Waals surface area (Å²) >= 11 is 0. The lowest BCUT2D eigenvalue weighted by molar-refractivity contribution is -0.161. The van der Waals surface area contributed by atoms with E-state index in [1.54, 1.807) is 11.0 Å². The van der Waals surface area contributed by atoms with E-state index in [0.29, 0.717) is 43.0 Å². The molecule has 150 valence electrons. The maximum absolute atomic E-state index is 12.7. The van der Waals surface area contributed by atoms with Gasteiger partial charge in [0.05, 0.1) is 6.04 Å². The third-order valence-corrected chi connectivity index (χ3v) is 6.03. The fourth-order valence-corrected chi connectivity index (χ4v) is 4.93. The summed E-state index contributed by atoms with van der Waals surface area (Å²) in [5.41, 5.74) is 0.931. The molecule has 4 aliphatic heterocycles. The van der Waals surface area contributed by atoms with Crippen molar-refractivity contribution in [1.82, 2.24) is 14.7 Å². The van der Waals surface area contributed by atoms with Gasteiger partial charge in [-0.05, 0) is 30.4 Å². The zero-order chi connectivity index (χ0) is 20.3. The molecule has 0 spiro atoms. The largest absolute Gasteiger partial charge is 0.477 e. The third-order valence-electron chi connectivity index (χ3n) is 6.03. The van der Waals surface area contributed by atoms with Crippen LogP contribution in [0.1, 0.15) is 26.7 Å². The van der Waals surface area contributed by atoms with Gasteiger partial charge in [0.25, 0.3) is 5.91 Å². The number of nitrogens with zero attached hydrogens (tertiary/aromatic N) is 3. The van der Waals surface area contributed by atoms with E-state index in [1.165, 1.54) is 4.90 Å². The molecule has 3 amide bonds. The van der Waals surface area contributed by atoms with Crippen LogP contribution in [-0.4, -0.2) is 80.5 Å². The zero-order valence-corrected chi connectivity index (χ0v) is 15.8. The number of carbonyl (C=O) groups is 4. The third kappa shape index (κ3) is 2.52. The molecule has 4 rings (SSSR count). The maximum Gasteiger partial charge on any atom is 0.408 e. The lowest BCUT2D eigenvalue weighted by atomic mass is 9.78. The van der Waals surface area contributed by atoms with Gasteiger partial charge in [-0.25, -0.2) is 9.59 Å². The van der Waals surface area contributed by atoms with Crippen molar-refractivity contribution in [3.05, 3.63) is 22.9 Å². The van der Waals surface area contributed by atoms with Crippen molar-refractivity contribution in [3.8, 4) is 0 Å². The molecule has 3 fully saturated rings. The first kappa shape index (κ1) is 18.5. The second-order valence-corrected chi connectivity index (χ2v) is 8.19. The molecule has 0 aromatic rings. The van der Waals surface area contributed by atoms with E-state index < -0.39 is 30.1 Å². The van der Waals surface area contributed by atoms with Gasteiger partial charge < -0.3 is 15.1 Å². The van der Waals surface area contributed by atoms with Crippen LogP contribution in [0.5, 0.6) is 0 Å². The van der Waals surface area contributed by atoms with Crippen LogP contribution in [0, 0.1) is 11.8 Å². The molecule has 4 aliphatic rings. The number of aliphatic carboxylic acids is 1. The number of piperidine rings is 1. The van der Waals surface area contributed by atoms with Crippen LogP contribution < -0.4 is 0 Å². The van der Waals surface area contributed by atoms with Crippen molar-refractivity contribution >= 4 is 23.9 Å². The van der Waals surface area contributed by atoms with Crippen molar-refractivity contribution in [2.45, 2.75) is 38.8 Å². The maximum atomic E-state index is 12.7. The van der Waals surface area contributed by atoms with Gasteiger partial charge in [0.15, 0.2) is 0 Å². The molecule has 0 bridgehead atoms. The summed E-state index contributed by atoms with van der Waals surface area (Å²) < 4.78 is 0. The first-order valence-corrected chi connectivity index (χ1v) is 9.52. The molecule has 0 saturated carbocycles. The number of carboxylic acid groups (broad SMARTS) is 2. The highest BCUT2D eigenvalue weighted by molar-refractivity contribution is 6.04. The van der Waals surface area contributed by atoms with Crippen LogP contribution in [0.3, 0.4) is 0 Å². The van der Waals surface area contributed by atoms with Gasteiger partial charge in [-0.3, -0.25) is 19.4 Å². The summed E-state index contributed by atoms with van der Waals surface area (Å²) in [5.74, 6) is -1.74. The average molecular weight is 389 g/mol. The summed E-state index contributed by atoms with van der Waals surface area (Å²) in [5, 5.41) is 19.1. The second-order valence-electron chi connectivity index (χ2n) is 8.19. The molecule has 0 radical (unpaired) electrons. The minimum Gasteiger partial charge on any atom is -0.477 e. The molecular weight excluding hydrogens is 366 g/mol. The summed E-state index contributed by atoms with van der Waals surface area (Å²) in [4.78, 5) is 52.6. The number of hydrogen-bond donors (Lipinski definition) is 2. The molecule has 3 saturated heterocycles. The highest BCUT2D eigenvalue weighted by atomic mass is 16.4. The van der Waals surface area contributed by atoms with Crippen molar-refractivity contribution in [3.63, 3.8) is 0 Å². The van der Waals surface area contributed by atoms with Crippen molar-refractivity contribution < 1.29 is 29.4 Å². The first-order valence-electron chi connectivity index (χ1n) is 9.52. The van der Waals surface area contributed by atoms with E-state index in [-0.39, 0.29) is 24.1 Å². The minimum atomic E-state index is -1.22. The van der Waals surface area contributed by atoms with Gasteiger partial charge in [-0.15, -0.1) is 0 Å². The Labute approximate surface area is 161 Å². The highest BCUT2D eigenvalue weighted by Crippen LogP contribution is 2.49. The average Bonchev–Trinajstić information content (AvgIpc) is 3.12. The van der Waals surface area contributed by atoms with Crippen LogP contribution in [-0.2, 0) is 14.4 Å². The van der Waals surface area contributed by atoms with Crippen LogP contribution in [0.4, 0.5) is 4.79 Å². The summed E-state index contributed by atoms with van der Waals surface area (Å²) in [6, 6.07) is -1.32. The van der Waals surface area contributed by atoms with E-state index in [2.05, 4.69) is 0 Å². The Morgan fingerprint density at radius 2 is 1.93 bits per heavy atom. The van der Waals surface area contributed by atoms with E-state index in [1.807, 2.05) is 13.8 Å². The number of likely N-dealkylation sites (tertiary alicyclic amines) is 2. The molecular formula is C19H23N3O6. The molecule has 1 unspecified atom stereocenters. The van der Waals surface area contributed by atoms with Crippen LogP contribution in [0.15, 0.2) is 22.9 Å². The Bertz CT molecular complexity index is 845. The molecule has 4 heterocycles. The number of amides is 3. The molecule has 28 heavy (non-hydrogen) atoms. The highest BCUT2D eigenvalue weighted by Gasteiger charge is 2.64. The van der Waals surface area contributed by atoms with E-state index >= 15 is 0 Å². The van der Waals surface area contributed by atoms with E-state index in [0.717, 1.165) is 4.90 Å². The molecule has 0 aromatic heterocycles. The smallest absolute Gasteiger partial charge is 0.408 e. The van der Waals surface area contributed by atoms with Crippen LogP contribution in [0.2, 0.25) is 0 Å². The fourth-order valence-electron chi connectivity index (χ4n) is 4.93. The normalized spacial score (nSPS) is 30.5. The van der Waals surface area contributed by atoms with Gasteiger partial charge in [0, 0.05) is 31.1 Å². The number of β-lactam (4-membered cyclic amide) rings is 1. The predicted octanol–water partition coefficient (Wildman–Crippen LogP) is 0.733. The van der Waals surface area contributed by atoms with E-state index in [4.69, 9.17) is 0 Å². The topological polar surface area (TPSA) is 118 Å². The predicted molar refractivity (Wildman–Crippen MR) is 96.0 cm³/mol. The molecule has 3 atom stereocenters. The minimum absolute atomic E-state index is 0.0916. The molecule has 0 aliphatic carbocycles. The van der Waals surface area contributed by atoms with Gasteiger partial charge in [0.1, 0.15) is 11.7 Å². The van der Waals surface area contributed by atoms with Crippen molar-refractivity contribution in [1.29, 1.82) is 0 Å². The summed E-state index contributed by atoms with van der Waals surface area (Å²) in [6.45, 7) is 5.49. The SMILES string of the molecule is CC(C)CN1CC/C(=C\C2=C(C(=O)O)N3C(=O)[C@@H]4[C@H]3C2CCN4C(=O)O)C1=O. The molecule has 9 nitrogen and oxygen atoms in total. The number of carboxylic acids is 1. The summed E-state index contributed by atoms with van der Waals surface area (Å²) in [6.07, 6.45) is 1.45. The van der Waals surface area contributed by atoms with Crippen LogP contribution in [0.25, 0.3) is 0 Å². The van der Waals surface area contributed by atoms with Crippen molar-refractivity contribution in [2.24, 2.45) is 11.8 Å². The monoisotopic (exact) mass is 389 g/mol. The Morgan fingerprint density at radius 3 is 2.54 bits per heavy atom. The Kier molecular flexibility index (Phi) is 4.20. The standard InChI is InChI=1S/C19H23N3O6/c1-9(2)8-20-5-3-10(16(20)23)7-12-11-4-6-21(19(27)28)15-13(11)22(17(15)24)14(12)18(25)26/h7,9,11,13,15H,3-6,8H2,1-2H3,(H,25,26)(H,27,28)/b10-7+/t11?,13-,15+/m1/s1. The number of rotatable bonds is 4. The Morgan fingerprint density at radius 1 is 1.21 bits per heavy atom. The van der Waals surface area contributed by atoms with Crippen LogP contribution >= 0.6 is 0 Å². The van der Waals surface area contributed by atoms with Gasteiger partial charge in [-0.2, -0.15) is 0 Å². The second kappa shape index (κ2) is 6.35. The first-order chi connectivity index (χ1) is 13.2. The molecule has 0 aromatic carbocycles. The Hall–Kier alpha value is -2.84. The number of hydrogen-bond acceptors (Lipinski definition) is 4. The van der Waals surface area contributed by atoms with Gasteiger partial charge in [-0.1, -0.05) is 13.8 Å². The van der Waals surface area contributed by atoms with Crippen molar-refractivity contribution in [2.75, 3.05) is 19.6 Å². The Balaban J connectivity index is 1.68.